The summed E-state index contributed by atoms with van der Waals surface area (Å²) in [5, 5.41) is 9.47. The van der Waals surface area contributed by atoms with E-state index >= 15 is 0 Å². The highest BCUT2D eigenvalue weighted by Crippen LogP contribution is 2.33. The van der Waals surface area contributed by atoms with E-state index in [0.717, 1.165) is 11.1 Å². The summed E-state index contributed by atoms with van der Waals surface area (Å²) in [6.07, 6.45) is 1.42. The molecule has 2 aromatic rings. The van der Waals surface area contributed by atoms with Gasteiger partial charge in [-0.3, -0.25) is 4.79 Å². The quantitative estimate of drug-likeness (QED) is 0.781. The molecule has 0 N–H and O–H groups in total. The topological polar surface area (TPSA) is 50.1 Å². The van der Waals surface area contributed by atoms with E-state index in [0.29, 0.717) is 36.3 Å². The fourth-order valence-corrected chi connectivity index (χ4v) is 3.14. The molecule has 2 aromatic carbocycles. The number of benzene rings is 2. The minimum Gasteiger partial charge on any atom is -0.488 e. The zero-order valence-corrected chi connectivity index (χ0v) is 13.5. The average molecular weight is 356 g/mol. The summed E-state index contributed by atoms with van der Waals surface area (Å²) >= 11 is 3.39. The van der Waals surface area contributed by atoms with Gasteiger partial charge in [0.25, 0.3) is 0 Å². The third-order valence-electron chi connectivity index (χ3n) is 3.82. The van der Waals surface area contributed by atoms with Gasteiger partial charge in [0.15, 0.2) is 5.78 Å². The van der Waals surface area contributed by atoms with Crippen LogP contribution in [0.5, 0.6) is 5.75 Å². The number of rotatable bonds is 3. The standard InChI is InChI=1S/C18H14BrNO2/c19-16-8-6-13-14(18(16)21)7-9-17(15(13)10-20)22-11-12-4-2-1-3-5-12/h1-5,7,9,16H,6,8,11H2. The number of hydrogen-bond donors (Lipinski definition) is 0. The molecule has 0 saturated heterocycles. The third kappa shape index (κ3) is 2.77. The normalized spacial score (nSPS) is 16.7. The van der Waals surface area contributed by atoms with E-state index in [2.05, 4.69) is 22.0 Å². The predicted octanol–water partition coefficient (Wildman–Crippen LogP) is 4.03. The molecule has 0 heterocycles. The number of hydrogen-bond acceptors (Lipinski definition) is 3. The molecular weight excluding hydrogens is 342 g/mol. The molecule has 0 spiro atoms. The number of ketones is 1. The van der Waals surface area contributed by atoms with Crippen LogP contribution >= 0.6 is 15.9 Å². The fraction of sp³-hybridized carbons (Fsp3) is 0.222. The Hall–Kier alpha value is -2.12. The summed E-state index contributed by atoms with van der Waals surface area (Å²) in [7, 11) is 0. The number of Topliss-reactive ketones (excluding diaryl/α,β-unsaturated/α-hetero) is 1. The van der Waals surface area contributed by atoms with E-state index in [-0.39, 0.29) is 10.6 Å². The van der Waals surface area contributed by atoms with Gasteiger partial charge in [-0.25, -0.2) is 0 Å². The second kappa shape index (κ2) is 6.33. The first-order chi connectivity index (χ1) is 10.7. The van der Waals surface area contributed by atoms with Crippen LogP contribution in [0.2, 0.25) is 0 Å². The fourth-order valence-electron chi connectivity index (χ4n) is 2.67. The van der Waals surface area contributed by atoms with E-state index in [1.54, 1.807) is 12.1 Å². The van der Waals surface area contributed by atoms with Crippen molar-refractivity contribution in [3.8, 4) is 11.8 Å². The second-order valence-corrected chi connectivity index (χ2v) is 6.33. The Bertz CT molecular complexity index is 750. The van der Waals surface area contributed by atoms with Crippen LogP contribution in [0.15, 0.2) is 42.5 Å². The van der Waals surface area contributed by atoms with Crippen molar-refractivity contribution in [1.29, 1.82) is 5.26 Å². The van der Waals surface area contributed by atoms with Crippen LogP contribution in [0.4, 0.5) is 0 Å². The van der Waals surface area contributed by atoms with E-state index < -0.39 is 0 Å². The van der Waals surface area contributed by atoms with Crippen LogP contribution in [0.3, 0.4) is 0 Å². The number of carbonyl (C=O) groups excluding carboxylic acids is 1. The maximum absolute atomic E-state index is 12.2. The van der Waals surface area contributed by atoms with Crippen LogP contribution in [0.25, 0.3) is 0 Å². The van der Waals surface area contributed by atoms with Gasteiger partial charge in [0.2, 0.25) is 0 Å². The molecule has 3 rings (SSSR count). The van der Waals surface area contributed by atoms with Crippen LogP contribution < -0.4 is 4.74 Å². The van der Waals surface area contributed by atoms with Crippen LogP contribution in [0.1, 0.15) is 33.5 Å². The molecule has 1 unspecified atom stereocenters. The van der Waals surface area contributed by atoms with Crippen molar-refractivity contribution >= 4 is 21.7 Å². The largest absolute Gasteiger partial charge is 0.488 e. The molecule has 1 aliphatic rings. The Morgan fingerprint density at radius 1 is 1.23 bits per heavy atom. The van der Waals surface area contributed by atoms with Crippen LogP contribution in [-0.4, -0.2) is 10.6 Å². The molecule has 3 nitrogen and oxygen atoms in total. The zero-order valence-electron chi connectivity index (χ0n) is 11.9. The molecule has 1 aliphatic carbocycles. The van der Waals surface area contributed by atoms with Crippen molar-refractivity contribution in [2.75, 3.05) is 0 Å². The lowest BCUT2D eigenvalue weighted by Crippen LogP contribution is -2.23. The van der Waals surface area contributed by atoms with Crippen molar-refractivity contribution in [3.63, 3.8) is 0 Å². The molecule has 0 aromatic heterocycles. The van der Waals surface area contributed by atoms with Gasteiger partial charge < -0.3 is 4.74 Å². The van der Waals surface area contributed by atoms with Crippen molar-refractivity contribution in [2.24, 2.45) is 0 Å². The second-order valence-electron chi connectivity index (χ2n) is 5.22. The summed E-state index contributed by atoms with van der Waals surface area (Å²) in [6.45, 7) is 0.406. The number of fused-ring (bicyclic) bond motifs is 1. The third-order valence-corrected chi connectivity index (χ3v) is 4.70. The molecule has 110 valence electrons. The highest BCUT2D eigenvalue weighted by Gasteiger charge is 2.28. The van der Waals surface area contributed by atoms with Gasteiger partial charge in [-0.1, -0.05) is 46.3 Å². The summed E-state index contributed by atoms with van der Waals surface area (Å²) in [5.41, 5.74) is 2.98. The maximum atomic E-state index is 12.2. The van der Waals surface area contributed by atoms with E-state index in [1.165, 1.54) is 0 Å². The monoisotopic (exact) mass is 355 g/mol. The van der Waals surface area contributed by atoms with Crippen LogP contribution in [0, 0.1) is 11.3 Å². The van der Waals surface area contributed by atoms with Gasteiger partial charge >= 0.3 is 0 Å². The van der Waals surface area contributed by atoms with E-state index in [4.69, 9.17) is 4.74 Å². The lowest BCUT2D eigenvalue weighted by molar-refractivity contribution is 0.0981. The number of nitrogens with zero attached hydrogens (tertiary/aromatic N) is 1. The molecule has 1 atom stereocenters. The van der Waals surface area contributed by atoms with Crippen molar-refractivity contribution in [2.45, 2.75) is 24.3 Å². The van der Waals surface area contributed by atoms with E-state index in [9.17, 15) is 10.1 Å². The minimum absolute atomic E-state index is 0.0485. The molecule has 0 aliphatic heterocycles. The molecule has 0 fully saturated rings. The lowest BCUT2D eigenvalue weighted by Gasteiger charge is -2.21. The number of nitriles is 1. The van der Waals surface area contributed by atoms with Crippen molar-refractivity contribution in [1.82, 2.24) is 0 Å². The Balaban J connectivity index is 1.90. The smallest absolute Gasteiger partial charge is 0.176 e. The molecule has 0 amide bonds. The maximum Gasteiger partial charge on any atom is 0.176 e. The van der Waals surface area contributed by atoms with Crippen molar-refractivity contribution < 1.29 is 9.53 Å². The molecule has 0 bridgehead atoms. The number of halogens is 1. The number of alkyl halides is 1. The van der Waals surface area contributed by atoms with Gasteiger partial charge in [-0.2, -0.15) is 5.26 Å². The molecular formula is C18H14BrNO2. The first-order valence-corrected chi connectivity index (χ1v) is 8.03. The van der Waals surface area contributed by atoms with Gasteiger partial charge in [0.1, 0.15) is 18.4 Å². The summed E-state index contributed by atoms with van der Waals surface area (Å²) in [4.78, 5) is 12.0. The minimum atomic E-state index is -0.150. The number of ether oxygens (including phenoxy) is 1. The first-order valence-electron chi connectivity index (χ1n) is 7.11. The van der Waals surface area contributed by atoms with Gasteiger partial charge in [-0.05, 0) is 36.1 Å². The summed E-state index contributed by atoms with van der Waals surface area (Å²) in [5.74, 6) is 0.596. The SMILES string of the molecule is N#Cc1c(OCc2ccccc2)ccc2c1CCC(Br)C2=O. The number of carbonyl (C=O) groups is 1. The Kier molecular flexibility index (Phi) is 4.26. The Labute approximate surface area is 137 Å². The molecule has 22 heavy (non-hydrogen) atoms. The Morgan fingerprint density at radius 2 is 2.00 bits per heavy atom. The predicted molar refractivity (Wildman–Crippen MR) is 87.3 cm³/mol. The summed E-state index contributed by atoms with van der Waals surface area (Å²) in [6, 6.07) is 15.5. The van der Waals surface area contributed by atoms with Crippen LogP contribution in [-0.2, 0) is 13.0 Å². The average Bonchev–Trinajstić information content (AvgIpc) is 2.56. The van der Waals surface area contributed by atoms with Gasteiger partial charge in [-0.15, -0.1) is 0 Å². The first kappa shape index (κ1) is 14.8. The van der Waals surface area contributed by atoms with Gasteiger partial charge in [0, 0.05) is 5.56 Å². The zero-order chi connectivity index (χ0) is 15.5. The van der Waals surface area contributed by atoms with E-state index in [1.807, 2.05) is 30.3 Å². The molecule has 4 heteroatoms. The molecule has 0 radical (unpaired) electrons. The van der Waals surface area contributed by atoms with Gasteiger partial charge in [0.05, 0.1) is 10.4 Å². The highest BCUT2D eigenvalue weighted by atomic mass is 79.9. The van der Waals surface area contributed by atoms with Crippen molar-refractivity contribution in [3.05, 3.63) is 64.7 Å². The molecule has 0 saturated carbocycles. The lowest BCUT2D eigenvalue weighted by atomic mass is 9.87. The Morgan fingerprint density at radius 3 is 2.73 bits per heavy atom. The highest BCUT2D eigenvalue weighted by molar-refractivity contribution is 9.10. The summed E-state index contributed by atoms with van der Waals surface area (Å²) < 4.78 is 5.80.